The number of hydrogen-bond donors (Lipinski definition) is 2. The van der Waals surface area contributed by atoms with Gasteiger partial charge in [-0.3, -0.25) is 9.78 Å². The summed E-state index contributed by atoms with van der Waals surface area (Å²) in [6.45, 7) is 3.22. The van der Waals surface area contributed by atoms with Gasteiger partial charge in [-0.15, -0.1) is 0 Å². The van der Waals surface area contributed by atoms with Crippen molar-refractivity contribution in [2.45, 2.75) is 19.4 Å². The molecule has 8 nitrogen and oxygen atoms in total. The van der Waals surface area contributed by atoms with Gasteiger partial charge in [0, 0.05) is 62.9 Å². The lowest BCUT2D eigenvalue weighted by molar-refractivity contribution is 0.0946. The van der Waals surface area contributed by atoms with Crippen LogP contribution in [0.15, 0.2) is 67.1 Å². The highest BCUT2D eigenvalue weighted by Gasteiger charge is 2.22. The van der Waals surface area contributed by atoms with Crippen molar-refractivity contribution in [2.24, 2.45) is 5.92 Å². The number of halogens is 1. The van der Waals surface area contributed by atoms with Gasteiger partial charge in [-0.05, 0) is 66.1 Å². The maximum atomic E-state index is 12.9. The van der Waals surface area contributed by atoms with Gasteiger partial charge in [0.05, 0.1) is 5.02 Å². The van der Waals surface area contributed by atoms with E-state index in [-0.39, 0.29) is 5.91 Å². The highest BCUT2D eigenvalue weighted by Crippen LogP contribution is 2.28. The summed E-state index contributed by atoms with van der Waals surface area (Å²) < 4.78 is 0. The molecule has 37 heavy (non-hydrogen) atoms. The first-order valence-electron chi connectivity index (χ1n) is 12.4. The number of anilines is 3. The van der Waals surface area contributed by atoms with Crippen LogP contribution >= 0.6 is 11.6 Å². The van der Waals surface area contributed by atoms with Crippen molar-refractivity contribution in [1.82, 2.24) is 20.3 Å². The van der Waals surface area contributed by atoms with Gasteiger partial charge >= 0.3 is 0 Å². The van der Waals surface area contributed by atoms with Crippen molar-refractivity contribution in [3.8, 4) is 0 Å². The van der Waals surface area contributed by atoms with Crippen molar-refractivity contribution in [3.05, 3.63) is 83.4 Å². The zero-order valence-corrected chi connectivity index (χ0v) is 21.5. The zero-order valence-electron chi connectivity index (χ0n) is 20.8. The lowest BCUT2D eigenvalue weighted by Crippen LogP contribution is -2.38. The summed E-state index contributed by atoms with van der Waals surface area (Å²) in [5, 5.41) is 5.38. The molecule has 0 bridgehead atoms. The van der Waals surface area contributed by atoms with E-state index < -0.39 is 0 Å². The van der Waals surface area contributed by atoms with Crippen LogP contribution in [0.25, 0.3) is 10.8 Å². The van der Waals surface area contributed by atoms with Crippen LogP contribution in [-0.4, -0.2) is 47.5 Å². The molecule has 0 aliphatic carbocycles. The molecular weight excluding hydrogens is 486 g/mol. The predicted molar refractivity (Wildman–Crippen MR) is 149 cm³/mol. The fourth-order valence-corrected chi connectivity index (χ4v) is 5.11. The van der Waals surface area contributed by atoms with Crippen LogP contribution < -0.4 is 20.9 Å². The standard InChI is InChI=1S/C28H30ClN7O/c1-35(18-19-9-14-36(15-10-19)22-7-11-31-12-8-22)27-24(29)4-5-25(34-27)28(37)33-17-20-2-3-23-21(16-20)6-13-32-26(23)30/h2-8,11-13,16,19H,9-10,14-15,17-18H2,1H3,(H2,30,32)(H,33,37). The van der Waals surface area contributed by atoms with Crippen LogP contribution in [0.1, 0.15) is 28.9 Å². The number of piperidine rings is 1. The molecule has 0 spiro atoms. The number of carbonyl (C=O) groups is 1. The number of aromatic nitrogens is 3. The van der Waals surface area contributed by atoms with Crippen LogP contribution in [0.2, 0.25) is 5.02 Å². The van der Waals surface area contributed by atoms with E-state index in [2.05, 4.69) is 42.2 Å². The van der Waals surface area contributed by atoms with Crippen LogP contribution in [0.3, 0.4) is 0 Å². The molecule has 4 aromatic rings. The van der Waals surface area contributed by atoms with Crippen molar-refractivity contribution in [1.29, 1.82) is 0 Å². The lowest BCUT2D eigenvalue weighted by atomic mass is 9.96. The Morgan fingerprint density at radius 2 is 1.89 bits per heavy atom. The Morgan fingerprint density at radius 1 is 1.11 bits per heavy atom. The molecule has 5 rings (SSSR count). The van der Waals surface area contributed by atoms with Gasteiger partial charge in [0.1, 0.15) is 17.3 Å². The van der Waals surface area contributed by atoms with E-state index in [1.165, 1.54) is 5.69 Å². The number of benzene rings is 1. The van der Waals surface area contributed by atoms with Gasteiger partial charge in [-0.1, -0.05) is 23.7 Å². The van der Waals surface area contributed by atoms with Gasteiger partial charge in [0.15, 0.2) is 0 Å². The van der Waals surface area contributed by atoms with Crippen LogP contribution in [0.4, 0.5) is 17.3 Å². The Kier molecular flexibility index (Phi) is 7.37. The number of pyridine rings is 3. The Labute approximate surface area is 221 Å². The normalized spacial score (nSPS) is 14.1. The molecule has 0 unspecified atom stereocenters. The van der Waals surface area contributed by atoms with Gasteiger partial charge in [-0.2, -0.15) is 0 Å². The maximum absolute atomic E-state index is 12.9. The van der Waals surface area contributed by atoms with E-state index in [4.69, 9.17) is 17.3 Å². The quantitative estimate of drug-likeness (QED) is 0.372. The second-order valence-corrected chi connectivity index (χ2v) is 9.86. The molecule has 9 heteroatoms. The molecule has 3 aromatic heterocycles. The van der Waals surface area contributed by atoms with E-state index >= 15 is 0 Å². The largest absolute Gasteiger partial charge is 0.383 e. The first kappa shape index (κ1) is 24.8. The monoisotopic (exact) mass is 515 g/mol. The minimum absolute atomic E-state index is 0.244. The maximum Gasteiger partial charge on any atom is 0.270 e. The summed E-state index contributed by atoms with van der Waals surface area (Å²) >= 11 is 6.49. The number of nitrogen functional groups attached to an aromatic ring is 1. The minimum atomic E-state index is -0.244. The van der Waals surface area contributed by atoms with Crippen molar-refractivity contribution in [2.75, 3.05) is 42.2 Å². The average molecular weight is 516 g/mol. The zero-order chi connectivity index (χ0) is 25.8. The Balaban J connectivity index is 1.19. The van der Waals surface area contributed by atoms with Crippen LogP contribution in [-0.2, 0) is 6.54 Å². The molecular formula is C28H30ClN7O. The number of rotatable bonds is 7. The van der Waals surface area contributed by atoms with Crippen molar-refractivity contribution >= 4 is 45.6 Å². The summed E-state index contributed by atoms with van der Waals surface area (Å²) in [5.41, 5.74) is 8.46. The lowest BCUT2D eigenvalue weighted by Gasteiger charge is -2.35. The third-order valence-electron chi connectivity index (χ3n) is 6.91. The van der Waals surface area contributed by atoms with Crippen LogP contribution in [0.5, 0.6) is 0 Å². The van der Waals surface area contributed by atoms with E-state index in [1.54, 1.807) is 18.3 Å². The predicted octanol–water partition coefficient (Wildman–Crippen LogP) is 4.54. The van der Waals surface area contributed by atoms with Gasteiger partial charge in [0.2, 0.25) is 0 Å². The van der Waals surface area contributed by atoms with Gasteiger partial charge in [0.25, 0.3) is 5.91 Å². The number of nitrogens with two attached hydrogens (primary N) is 1. The fraction of sp³-hybridized carbons (Fsp3) is 0.286. The third-order valence-corrected chi connectivity index (χ3v) is 7.20. The highest BCUT2D eigenvalue weighted by atomic mass is 35.5. The molecule has 4 heterocycles. The smallest absolute Gasteiger partial charge is 0.270 e. The SMILES string of the molecule is CN(CC1CCN(c2ccncc2)CC1)c1nc(C(=O)NCc2ccc3c(N)nccc3c2)ccc1Cl. The van der Waals surface area contributed by atoms with Crippen molar-refractivity contribution in [3.63, 3.8) is 0 Å². The van der Waals surface area contributed by atoms with E-state index in [1.807, 2.05) is 43.7 Å². The second kappa shape index (κ2) is 11.0. The molecule has 3 N–H and O–H groups in total. The Hall–Kier alpha value is -3.91. The number of fused-ring (bicyclic) bond motifs is 1. The molecule has 190 valence electrons. The summed E-state index contributed by atoms with van der Waals surface area (Å²) in [5.74, 6) is 1.40. The Bertz CT molecular complexity index is 1390. The molecule has 1 aromatic carbocycles. The van der Waals surface area contributed by atoms with Gasteiger partial charge in [-0.25, -0.2) is 9.97 Å². The third kappa shape index (κ3) is 5.75. The Morgan fingerprint density at radius 3 is 2.68 bits per heavy atom. The molecule has 0 saturated carbocycles. The molecule has 1 amide bonds. The van der Waals surface area contributed by atoms with Gasteiger partial charge < -0.3 is 20.9 Å². The fourth-order valence-electron chi connectivity index (χ4n) is 4.86. The molecule has 1 fully saturated rings. The molecule has 0 atom stereocenters. The van der Waals surface area contributed by atoms with Crippen LogP contribution in [0, 0.1) is 5.92 Å². The summed E-state index contributed by atoms with van der Waals surface area (Å²) in [4.78, 5) is 30.2. The summed E-state index contributed by atoms with van der Waals surface area (Å²) in [7, 11) is 1.99. The number of nitrogens with zero attached hydrogens (tertiary/aromatic N) is 5. The van der Waals surface area contributed by atoms with E-state index in [0.717, 1.165) is 48.8 Å². The second-order valence-electron chi connectivity index (χ2n) is 9.45. The number of amides is 1. The first-order valence-corrected chi connectivity index (χ1v) is 12.8. The highest BCUT2D eigenvalue weighted by molar-refractivity contribution is 6.33. The summed E-state index contributed by atoms with van der Waals surface area (Å²) in [6.07, 6.45) is 7.51. The number of hydrogen-bond acceptors (Lipinski definition) is 7. The molecule has 1 aliphatic heterocycles. The summed E-state index contributed by atoms with van der Waals surface area (Å²) in [6, 6.07) is 15.3. The molecule has 0 radical (unpaired) electrons. The minimum Gasteiger partial charge on any atom is -0.383 e. The molecule has 1 saturated heterocycles. The van der Waals surface area contributed by atoms with E-state index in [9.17, 15) is 4.79 Å². The number of nitrogens with one attached hydrogen (secondary N) is 1. The van der Waals surface area contributed by atoms with E-state index in [0.29, 0.717) is 34.8 Å². The molecule has 1 aliphatic rings. The first-order chi connectivity index (χ1) is 18.0. The topological polar surface area (TPSA) is 100 Å². The average Bonchev–Trinajstić information content (AvgIpc) is 2.93. The van der Waals surface area contributed by atoms with Crippen molar-refractivity contribution < 1.29 is 4.79 Å². The number of carbonyl (C=O) groups excluding carboxylic acids is 1.